The summed E-state index contributed by atoms with van der Waals surface area (Å²) in [6.07, 6.45) is 5.02. The lowest BCUT2D eigenvalue weighted by Gasteiger charge is -2.29. The molecule has 1 aliphatic carbocycles. The van der Waals surface area contributed by atoms with Crippen LogP contribution in [-0.2, 0) is 4.79 Å². The number of rotatable bonds is 2. The summed E-state index contributed by atoms with van der Waals surface area (Å²) in [5.74, 6) is 0.153. The van der Waals surface area contributed by atoms with Crippen molar-refractivity contribution >= 4 is 5.91 Å². The second-order valence-electron chi connectivity index (χ2n) is 6.28. The monoisotopic (exact) mass is 236 g/mol. The number of carbonyl (C=O) groups is 1. The number of nitrogens with zero attached hydrogens (tertiary/aromatic N) is 1. The molecule has 0 aromatic rings. The summed E-state index contributed by atoms with van der Waals surface area (Å²) < 4.78 is 0. The smallest absolute Gasteiger partial charge is 0.234 e. The van der Waals surface area contributed by atoms with E-state index in [1.807, 2.05) is 20.8 Å². The molecule has 1 saturated carbocycles. The molecule has 0 atom stereocenters. The SMILES string of the molecule is CC(C)(C)NC(=O)CN1CCC(=C2CC2)CC1. The molecule has 1 heterocycles. The molecule has 1 aliphatic heterocycles. The molecule has 0 radical (unpaired) electrons. The minimum absolute atomic E-state index is 0.117. The third kappa shape index (κ3) is 4.15. The zero-order chi connectivity index (χ0) is 12.5. The molecule has 2 rings (SSSR count). The summed E-state index contributed by atoms with van der Waals surface area (Å²) in [6.45, 7) is 8.73. The molecule has 0 aromatic carbocycles. The largest absolute Gasteiger partial charge is 0.350 e. The summed E-state index contributed by atoms with van der Waals surface area (Å²) in [7, 11) is 0. The van der Waals surface area contributed by atoms with Crippen LogP contribution in [0.15, 0.2) is 11.1 Å². The zero-order valence-electron chi connectivity index (χ0n) is 11.3. The Bertz CT molecular complexity index is 323. The molecular formula is C14H24N2O. The lowest BCUT2D eigenvalue weighted by molar-refractivity contribution is -0.123. The zero-order valence-corrected chi connectivity index (χ0v) is 11.3. The third-order valence-electron chi connectivity index (χ3n) is 3.34. The summed E-state index contributed by atoms with van der Waals surface area (Å²) in [4.78, 5) is 14.1. The molecule has 17 heavy (non-hydrogen) atoms. The Morgan fingerprint density at radius 3 is 2.12 bits per heavy atom. The average Bonchev–Trinajstić information content (AvgIpc) is 2.99. The van der Waals surface area contributed by atoms with E-state index in [-0.39, 0.29) is 11.4 Å². The third-order valence-corrected chi connectivity index (χ3v) is 3.34. The summed E-state index contributed by atoms with van der Waals surface area (Å²) in [5.41, 5.74) is 3.26. The molecule has 2 aliphatic rings. The Morgan fingerprint density at radius 1 is 1.12 bits per heavy atom. The van der Waals surface area contributed by atoms with Gasteiger partial charge in [0.1, 0.15) is 0 Å². The van der Waals surface area contributed by atoms with Crippen molar-refractivity contribution in [2.45, 2.75) is 52.0 Å². The first-order chi connectivity index (χ1) is 7.94. The van der Waals surface area contributed by atoms with Gasteiger partial charge in [0.25, 0.3) is 0 Å². The molecule has 1 saturated heterocycles. The Labute approximate surface area is 104 Å². The van der Waals surface area contributed by atoms with Crippen molar-refractivity contribution in [3.63, 3.8) is 0 Å². The number of allylic oxidation sites excluding steroid dienone is 1. The van der Waals surface area contributed by atoms with Crippen LogP contribution in [0.25, 0.3) is 0 Å². The van der Waals surface area contributed by atoms with Gasteiger partial charge < -0.3 is 5.32 Å². The first kappa shape index (κ1) is 12.6. The molecule has 0 spiro atoms. The van der Waals surface area contributed by atoms with Gasteiger partial charge in [-0.1, -0.05) is 11.1 Å². The van der Waals surface area contributed by atoms with Crippen LogP contribution in [-0.4, -0.2) is 36.0 Å². The highest BCUT2D eigenvalue weighted by molar-refractivity contribution is 5.78. The van der Waals surface area contributed by atoms with E-state index in [1.54, 1.807) is 11.1 Å². The predicted molar refractivity (Wildman–Crippen MR) is 69.8 cm³/mol. The fourth-order valence-corrected chi connectivity index (χ4v) is 2.41. The van der Waals surface area contributed by atoms with E-state index in [4.69, 9.17) is 0 Å². The maximum Gasteiger partial charge on any atom is 0.234 e. The minimum atomic E-state index is -0.117. The summed E-state index contributed by atoms with van der Waals surface area (Å²) in [5, 5.41) is 3.02. The molecule has 1 amide bonds. The number of likely N-dealkylation sites (tertiary alicyclic amines) is 1. The van der Waals surface area contributed by atoms with Gasteiger partial charge in [0.05, 0.1) is 6.54 Å². The van der Waals surface area contributed by atoms with E-state index in [0.717, 1.165) is 13.1 Å². The maximum atomic E-state index is 11.8. The first-order valence-corrected chi connectivity index (χ1v) is 6.67. The van der Waals surface area contributed by atoms with E-state index in [0.29, 0.717) is 6.54 Å². The van der Waals surface area contributed by atoms with Gasteiger partial charge in [0.2, 0.25) is 5.91 Å². The van der Waals surface area contributed by atoms with Gasteiger partial charge in [0.15, 0.2) is 0 Å². The van der Waals surface area contributed by atoms with Crippen molar-refractivity contribution in [3.05, 3.63) is 11.1 Å². The van der Waals surface area contributed by atoms with E-state index >= 15 is 0 Å². The lowest BCUT2D eigenvalue weighted by atomic mass is 10.0. The van der Waals surface area contributed by atoms with Gasteiger partial charge in [-0.25, -0.2) is 0 Å². The number of piperidine rings is 1. The highest BCUT2D eigenvalue weighted by Crippen LogP contribution is 2.35. The number of hydrogen-bond acceptors (Lipinski definition) is 2. The highest BCUT2D eigenvalue weighted by Gasteiger charge is 2.23. The van der Waals surface area contributed by atoms with Crippen molar-refractivity contribution in [1.29, 1.82) is 0 Å². The quantitative estimate of drug-likeness (QED) is 0.745. The standard InChI is InChI=1S/C14H24N2O/c1-14(2,3)15-13(17)10-16-8-6-12(7-9-16)11-4-5-11/h4-10H2,1-3H3,(H,15,17). The molecule has 0 bridgehead atoms. The molecule has 1 N–H and O–H groups in total. The Balaban J connectivity index is 1.74. The van der Waals surface area contributed by atoms with Crippen LogP contribution in [0, 0.1) is 0 Å². The van der Waals surface area contributed by atoms with Crippen LogP contribution >= 0.6 is 0 Å². The number of nitrogens with one attached hydrogen (secondary N) is 1. The Morgan fingerprint density at radius 2 is 1.65 bits per heavy atom. The van der Waals surface area contributed by atoms with Gasteiger partial charge >= 0.3 is 0 Å². The van der Waals surface area contributed by atoms with Gasteiger partial charge in [-0.15, -0.1) is 0 Å². The Kier molecular flexibility index (Phi) is 3.57. The van der Waals surface area contributed by atoms with Gasteiger partial charge in [-0.2, -0.15) is 0 Å². The molecule has 0 aromatic heterocycles. The fraction of sp³-hybridized carbons (Fsp3) is 0.786. The maximum absolute atomic E-state index is 11.8. The number of amides is 1. The molecule has 3 heteroatoms. The molecule has 3 nitrogen and oxygen atoms in total. The van der Waals surface area contributed by atoms with E-state index in [2.05, 4.69) is 10.2 Å². The van der Waals surface area contributed by atoms with Crippen LogP contribution < -0.4 is 5.32 Å². The predicted octanol–water partition coefficient (Wildman–Crippen LogP) is 2.09. The van der Waals surface area contributed by atoms with E-state index in [9.17, 15) is 4.79 Å². The Hall–Kier alpha value is -0.830. The highest BCUT2D eigenvalue weighted by atomic mass is 16.2. The summed E-state index contributed by atoms with van der Waals surface area (Å²) in [6, 6.07) is 0. The van der Waals surface area contributed by atoms with Crippen molar-refractivity contribution in [3.8, 4) is 0 Å². The fourth-order valence-electron chi connectivity index (χ4n) is 2.41. The van der Waals surface area contributed by atoms with Gasteiger partial charge in [0, 0.05) is 18.6 Å². The second-order valence-corrected chi connectivity index (χ2v) is 6.28. The average molecular weight is 236 g/mol. The van der Waals surface area contributed by atoms with Crippen molar-refractivity contribution in [2.24, 2.45) is 0 Å². The lowest BCUT2D eigenvalue weighted by Crippen LogP contribution is -2.47. The van der Waals surface area contributed by atoms with E-state index in [1.165, 1.54) is 25.7 Å². The molecule has 2 fully saturated rings. The van der Waals surface area contributed by atoms with Crippen LogP contribution in [0.4, 0.5) is 0 Å². The summed E-state index contributed by atoms with van der Waals surface area (Å²) >= 11 is 0. The topological polar surface area (TPSA) is 32.3 Å². The molecular weight excluding hydrogens is 212 g/mol. The minimum Gasteiger partial charge on any atom is -0.350 e. The van der Waals surface area contributed by atoms with Crippen LogP contribution in [0.5, 0.6) is 0 Å². The second kappa shape index (κ2) is 4.81. The normalized spacial score (nSPS) is 21.6. The first-order valence-electron chi connectivity index (χ1n) is 6.67. The van der Waals surface area contributed by atoms with Gasteiger partial charge in [-0.05, 0) is 46.5 Å². The molecule has 96 valence electrons. The number of hydrogen-bond donors (Lipinski definition) is 1. The van der Waals surface area contributed by atoms with Crippen molar-refractivity contribution < 1.29 is 4.79 Å². The van der Waals surface area contributed by atoms with Crippen molar-refractivity contribution in [2.75, 3.05) is 19.6 Å². The molecule has 0 unspecified atom stereocenters. The van der Waals surface area contributed by atoms with Crippen LogP contribution in [0.3, 0.4) is 0 Å². The van der Waals surface area contributed by atoms with E-state index < -0.39 is 0 Å². The van der Waals surface area contributed by atoms with Crippen molar-refractivity contribution in [1.82, 2.24) is 10.2 Å². The van der Waals surface area contributed by atoms with Gasteiger partial charge in [-0.3, -0.25) is 9.69 Å². The van der Waals surface area contributed by atoms with Crippen LogP contribution in [0.1, 0.15) is 46.5 Å². The number of carbonyl (C=O) groups excluding carboxylic acids is 1. The van der Waals surface area contributed by atoms with Crippen LogP contribution in [0.2, 0.25) is 0 Å².